The Morgan fingerprint density at radius 2 is 1.86 bits per heavy atom. The molecule has 2 N–H and O–H groups in total. The summed E-state index contributed by atoms with van der Waals surface area (Å²) in [6.45, 7) is 3.29. The average Bonchev–Trinajstić information content (AvgIpc) is 2.71. The fourth-order valence-electron chi connectivity index (χ4n) is 2.88. The Kier molecular flexibility index (Phi) is 3.45. The summed E-state index contributed by atoms with van der Waals surface area (Å²) >= 11 is 0. The van der Waals surface area contributed by atoms with Crippen LogP contribution in [-0.2, 0) is 4.74 Å². The molecule has 0 amide bonds. The van der Waals surface area contributed by atoms with Gasteiger partial charge < -0.3 is 10.5 Å². The largest absolute Gasteiger partial charge is 0.377 e. The first kappa shape index (κ1) is 10.4. The average molecular weight is 197 g/mol. The van der Waals surface area contributed by atoms with Gasteiger partial charge in [0.25, 0.3) is 0 Å². The van der Waals surface area contributed by atoms with Crippen molar-refractivity contribution in [1.29, 1.82) is 0 Å². The van der Waals surface area contributed by atoms with E-state index in [-0.39, 0.29) is 0 Å². The molecule has 1 aliphatic carbocycles. The molecule has 1 saturated carbocycles. The molecule has 2 unspecified atom stereocenters. The van der Waals surface area contributed by atoms with Crippen molar-refractivity contribution in [2.45, 2.75) is 57.6 Å². The van der Waals surface area contributed by atoms with Crippen LogP contribution in [0.4, 0.5) is 0 Å². The third-order valence-corrected chi connectivity index (χ3v) is 4.00. The van der Waals surface area contributed by atoms with E-state index in [1.54, 1.807) is 0 Å². The fourth-order valence-corrected chi connectivity index (χ4v) is 2.88. The van der Waals surface area contributed by atoms with Gasteiger partial charge in [-0.05, 0) is 37.5 Å². The van der Waals surface area contributed by atoms with Gasteiger partial charge in [-0.1, -0.05) is 19.8 Å². The smallest absolute Gasteiger partial charge is 0.0729 e. The molecule has 2 heteroatoms. The molecule has 0 aromatic rings. The van der Waals surface area contributed by atoms with Crippen LogP contribution in [0.15, 0.2) is 0 Å². The molecular formula is C12H23NO. The van der Waals surface area contributed by atoms with E-state index in [9.17, 15) is 0 Å². The van der Waals surface area contributed by atoms with Crippen molar-refractivity contribution in [1.82, 2.24) is 0 Å². The van der Waals surface area contributed by atoms with Gasteiger partial charge in [0.05, 0.1) is 6.10 Å². The lowest BCUT2D eigenvalue weighted by Crippen LogP contribution is -2.42. The summed E-state index contributed by atoms with van der Waals surface area (Å²) in [6.07, 6.45) is 8.14. The lowest BCUT2D eigenvalue weighted by molar-refractivity contribution is 0.0610. The highest BCUT2D eigenvalue weighted by molar-refractivity contribution is 4.86. The van der Waals surface area contributed by atoms with E-state index in [4.69, 9.17) is 10.5 Å². The SMILES string of the molecule is CC1CCC(C(N)C2CCCO2)CC1. The minimum atomic E-state index is 0.310. The molecule has 2 rings (SSSR count). The first-order valence-electron chi connectivity index (χ1n) is 6.14. The number of hydrogen-bond donors (Lipinski definition) is 1. The Hall–Kier alpha value is -0.0800. The predicted molar refractivity (Wildman–Crippen MR) is 58.1 cm³/mol. The Labute approximate surface area is 87.2 Å². The summed E-state index contributed by atoms with van der Waals surface area (Å²) in [5, 5.41) is 0. The van der Waals surface area contributed by atoms with Gasteiger partial charge in [-0.15, -0.1) is 0 Å². The Balaban J connectivity index is 1.82. The zero-order valence-corrected chi connectivity index (χ0v) is 9.24. The maximum Gasteiger partial charge on any atom is 0.0729 e. The Bertz CT molecular complexity index is 169. The molecular weight excluding hydrogens is 174 g/mol. The molecule has 82 valence electrons. The highest BCUT2D eigenvalue weighted by Crippen LogP contribution is 2.32. The maximum absolute atomic E-state index is 6.27. The first-order chi connectivity index (χ1) is 6.77. The van der Waals surface area contributed by atoms with Crippen LogP contribution >= 0.6 is 0 Å². The minimum absolute atomic E-state index is 0.310. The summed E-state index contributed by atoms with van der Waals surface area (Å²) in [5.74, 6) is 1.65. The lowest BCUT2D eigenvalue weighted by Gasteiger charge is -2.33. The molecule has 0 aromatic carbocycles. The topological polar surface area (TPSA) is 35.2 Å². The van der Waals surface area contributed by atoms with Gasteiger partial charge in [-0.25, -0.2) is 0 Å². The van der Waals surface area contributed by atoms with Gasteiger partial charge in [0.2, 0.25) is 0 Å². The van der Waals surface area contributed by atoms with Crippen LogP contribution in [0.5, 0.6) is 0 Å². The summed E-state index contributed by atoms with van der Waals surface area (Å²) in [4.78, 5) is 0. The molecule has 14 heavy (non-hydrogen) atoms. The van der Waals surface area contributed by atoms with E-state index >= 15 is 0 Å². The van der Waals surface area contributed by atoms with E-state index in [0.717, 1.165) is 18.4 Å². The zero-order valence-electron chi connectivity index (χ0n) is 9.24. The molecule has 1 heterocycles. The van der Waals surface area contributed by atoms with Crippen molar-refractivity contribution in [2.75, 3.05) is 6.61 Å². The van der Waals surface area contributed by atoms with Gasteiger partial charge in [0, 0.05) is 12.6 Å². The summed E-state index contributed by atoms with van der Waals surface area (Å²) in [7, 11) is 0. The number of hydrogen-bond acceptors (Lipinski definition) is 2. The first-order valence-corrected chi connectivity index (χ1v) is 6.14. The molecule has 1 saturated heterocycles. The van der Waals surface area contributed by atoms with Crippen LogP contribution in [0.25, 0.3) is 0 Å². The summed E-state index contributed by atoms with van der Waals surface area (Å²) in [5.41, 5.74) is 6.27. The van der Waals surface area contributed by atoms with Gasteiger partial charge in [0.15, 0.2) is 0 Å². The predicted octanol–water partition coefficient (Wildman–Crippen LogP) is 2.32. The molecule has 0 radical (unpaired) electrons. The highest BCUT2D eigenvalue weighted by Gasteiger charge is 2.31. The van der Waals surface area contributed by atoms with Crippen LogP contribution in [0, 0.1) is 11.8 Å². The van der Waals surface area contributed by atoms with Crippen molar-refractivity contribution in [2.24, 2.45) is 17.6 Å². The second-order valence-corrected chi connectivity index (χ2v) is 5.15. The number of nitrogens with two attached hydrogens (primary N) is 1. The van der Waals surface area contributed by atoms with Crippen molar-refractivity contribution in [3.8, 4) is 0 Å². The monoisotopic (exact) mass is 197 g/mol. The molecule has 0 aromatic heterocycles. The lowest BCUT2D eigenvalue weighted by atomic mass is 9.78. The maximum atomic E-state index is 6.27. The van der Waals surface area contributed by atoms with Crippen LogP contribution in [0.1, 0.15) is 45.4 Å². The second-order valence-electron chi connectivity index (χ2n) is 5.15. The molecule has 2 atom stereocenters. The van der Waals surface area contributed by atoms with Crippen molar-refractivity contribution in [3.63, 3.8) is 0 Å². The van der Waals surface area contributed by atoms with Gasteiger partial charge in [-0.3, -0.25) is 0 Å². The molecule has 1 aliphatic heterocycles. The van der Waals surface area contributed by atoms with Crippen LogP contribution in [-0.4, -0.2) is 18.8 Å². The number of ether oxygens (including phenoxy) is 1. The molecule has 2 nitrogen and oxygen atoms in total. The third kappa shape index (κ3) is 2.29. The van der Waals surface area contributed by atoms with E-state index in [1.807, 2.05) is 0 Å². The van der Waals surface area contributed by atoms with Crippen LogP contribution in [0.3, 0.4) is 0 Å². The van der Waals surface area contributed by atoms with Crippen molar-refractivity contribution < 1.29 is 4.74 Å². The quantitative estimate of drug-likeness (QED) is 0.737. The van der Waals surface area contributed by atoms with Gasteiger partial charge in [-0.2, -0.15) is 0 Å². The van der Waals surface area contributed by atoms with Crippen molar-refractivity contribution in [3.05, 3.63) is 0 Å². The Morgan fingerprint density at radius 1 is 1.14 bits per heavy atom. The van der Waals surface area contributed by atoms with Crippen molar-refractivity contribution >= 4 is 0 Å². The second kappa shape index (κ2) is 4.63. The van der Waals surface area contributed by atoms with Gasteiger partial charge >= 0.3 is 0 Å². The van der Waals surface area contributed by atoms with Crippen LogP contribution < -0.4 is 5.73 Å². The summed E-state index contributed by atoms with van der Waals surface area (Å²) < 4.78 is 5.67. The highest BCUT2D eigenvalue weighted by atomic mass is 16.5. The van der Waals surface area contributed by atoms with E-state index < -0.39 is 0 Å². The standard InChI is InChI=1S/C12H23NO/c1-9-4-6-10(7-5-9)12(13)11-3-2-8-14-11/h9-12H,2-8,13H2,1H3. The zero-order chi connectivity index (χ0) is 9.97. The Morgan fingerprint density at radius 3 is 2.43 bits per heavy atom. The molecule has 2 aliphatic rings. The third-order valence-electron chi connectivity index (χ3n) is 4.00. The fraction of sp³-hybridized carbons (Fsp3) is 1.00. The van der Waals surface area contributed by atoms with E-state index in [1.165, 1.54) is 38.5 Å². The van der Waals surface area contributed by atoms with Crippen LogP contribution in [0.2, 0.25) is 0 Å². The molecule has 0 spiro atoms. The normalized spacial score (nSPS) is 41.1. The summed E-state index contributed by atoms with van der Waals surface area (Å²) in [6, 6.07) is 0.310. The molecule has 0 bridgehead atoms. The van der Waals surface area contributed by atoms with Gasteiger partial charge in [0.1, 0.15) is 0 Å². The number of rotatable bonds is 2. The van der Waals surface area contributed by atoms with E-state index in [2.05, 4.69) is 6.92 Å². The molecule has 2 fully saturated rings. The minimum Gasteiger partial charge on any atom is -0.377 e. The van der Waals surface area contributed by atoms with E-state index in [0.29, 0.717) is 12.1 Å².